The first-order valence-electron chi connectivity index (χ1n) is 5.92. The van der Waals surface area contributed by atoms with Crippen molar-refractivity contribution in [2.24, 2.45) is 5.92 Å². The fourth-order valence-corrected chi connectivity index (χ4v) is 1.62. The number of hydrogen-bond acceptors (Lipinski definition) is 5. The van der Waals surface area contributed by atoms with E-state index in [4.69, 9.17) is 10.8 Å². The number of non-ortho nitro benzene ring substituents is 1. The lowest BCUT2D eigenvalue weighted by Crippen LogP contribution is -2.07. The van der Waals surface area contributed by atoms with Gasteiger partial charge in [-0.25, -0.2) is 0 Å². The minimum Gasteiger partial charge on any atom is -0.398 e. The quantitative estimate of drug-likeness (QED) is 0.298. The van der Waals surface area contributed by atoms with Gasteiger partial charge in [-0.2, -0.15) is 0 Å². The van der Waals surface area contributed by atoms with Gasteiger partial charge in [-0.05, 0) is 24.8 Å². The first-order valence-corrected chi connectivity index (χ1v) is 5.92. The Kier molecular flexibility index (Phi) is 5.38. The van der Waals surface area contributed by atoms with Gasteiger partial charge in [0.1, 0.15) is 0 Å². The molecule has 0 spiro atoms. The highest BCUT2D eigenvalue weighted by Crippen LogP contribution is 2.22. The highest BCUT2D eigenvalue weighted by molar-refractivity contribution is 5.61. The summed E-state index contributed by atoms with van der Waals surface area (Å²) < 4.78 is 0. The number of nitrogens with two attached hydrogens (primary N) is 1. The number of anilines is 2. The van der Waals surface area contributed by atoms with Crippen molar-refractivity contribution in [3.8, 4) is 0 Å². The van der Waals surface area contributed by atoms with Crippen LogP contribution in [0.1, 0.15) is 19.8 Å². The number of benzene rings is 1. The van der Waals surface area contributed by atoms with E-state index in [0.29, 0.717) is 17.9 Å². The molecule has 1 atom stereocenters. The van der Waals surface area contributed by atoms with Gasteiger partial charge in [0.25, 0.3) is 5.69 Å². The predicted molar refractivity (Wildman–Crippen MR) is 71.5 cm³/mol. The molecule has 6 nitrogen and oxygen atoms in total. The molecule has 0 aliphatic rings. The SMILES string of the molecule is CC(CO)CCCNc1cc(N)cc([N+](=O)[O-])c1. The van der Waals surface area contributed by atoms with E-state index < -0.39 is 4.92 Å². The van der Waals surface area contributed by atoms with E-state index >= 15 is 0 Å². The number of nitro groups is 1. The van der Waals surface area contributed by atoms with Gasteiger partial charge in [-0.1, -0.05) is 6.92 Å². The van der Waals surface area contributed by atoms with Crippen LogP contribution in [-0.2, 0) is 0 Å². The monoisotopic (exact) mass is 253 g/mol. The third-order valence-electron chi connectivity index (χ3n) is 2.67. The largest absolute Gasteiger partial charge is 0.398 e. The molecule has 0 radical (unpaired) electrons. The van der Waals surface area contributed by atoms with E-state index in [0.717, 1.165) is 12.8 Å². The van der Waals surface area contributed by atoms with Crippen LogP contribution in [-0.4, -0.2) is 23.2 Å². The van der Waals surface area contributed by atoms with Gasteiger partial charge in [0.2, 0.25) is 0 Å². The Bertz CT molecular complexity index is 410. The van der Waals surface area contributed by atoms with Crippen molar-refractivity contribution in [3.05, 3.63) is 28.3 Å². The van der Waals surface area contributed by atoms with E-state index in [2.05, 4.69) is 5.32 Å². The number of nitrogen functional groups attached to an aromatic ring is 1. The van der Waals surface area contributed by atoms with Crippen molar-refractivity contribution in [2.45, 2.75) is 19.8 Å². The Morgan fingerprint density at radius 1 is 1.50 bits per heavy atom. The number of nitrogens with zero attached hydrogens (tertiary/aromatic N) is 1. The topological polar surface area (TPSA) is 101 Å². The van der Waals surface area contributed by atoms with Crippen LogP contribution in [0.15, 0.2) is 18.2 Å². The summed E-state index contributed by atoms with van der Waals surface area (Å²) in [6, 6.07) is 4.47. The van der Waals surface area contributed by atoms with Crippen molar-refractivity contribution < 1.29 is 10.0 Å². The Balaban J connectivity index is 2.49. The van der Waals surface area contributed by atoms with E-state index in [1.807, 2.05) is 6.92 Å². The minimum absolute atomic E-state index is 0.0128. The van der Waals surface area contributed by atoms with E-state index in [-0.39, 0.29) is 18.2 Å². The number of aliphatic hydroxyl groups excluding tert-OH is 1. The lowest BCUT2D eigenvalue weighted by atomic mass is 10.1. The molecule has 0 aromatic heterocycles. The van der Waals surface area contributed by atoms with Crippen LogP contribution in [0.2, 0.25) is 0 Å². The maximum absolute atomic E-state index is 10.7. The zero-order chi connectivity index (χ0) is 13.5. The molecule has 1 unspecified atom stereocenters. The summed E-state index contributed by atoms with van der Waals surface area (Å²) in [4.78, 5) is 10.2. The van der Waals surface area contributed by atoms with Gasteiger partial charge in [0.05, 0.1) is 4.92 Å². The zero-order valence-electron chi connectivity index (χ0n) is 10.4. The molecule has 0 aliphatic heterocycles. The van der Waals surface area contributed by atoms with E-state index in [9.17, 15) is 10.1 Å². The lowest BCUT2D eigenvalue weighted by Gasteiger charge is -2.09. The molecule has 0 bridgehead atoms. The normalized spacial score (nSPS) is 12.1. The number of rotatable bonds is 7. The summed E-state index contributed by atoms with van der Waals surface area (Å²) in [6.45, 7) is 2.86. The lowest BCUT2D eigenvalue weighted by molar-refractivity contribution is -0.384. The molecule has 0 heterocycles. The van der Waals surface area contributed by atoms with Crippen molar-refractivity contribution in [2.75, 3.05) is 24.2 Å². The van der Waals surface area contributed by atoms with Gasteiger partial charge in [0.15, 0.2) is 0 Å². The smallest absolute Gasteiger partial charge is 0.273 e. The molecule has 100 valence electrons. The fraction of sp³-hybridized carbons (Fsp3) is 0.500. The molecule has 0 amide bonds. The third-order valence-corrected chi connectivity index (χ3v) is 2.67. The second kappa shape index (κ2) is 6.80. The highest BCUT2D eigenvalue weighted by Gasteiger charge is 2.08. The molecule has 1 aromatic rings. The molecule has 6 heteroatoms. The van der Waals surface area contributed by atoms with Crippen LogP contribution in [0, 0.1) is 16.0 Å². The van der Waals surface area contributed by atoms with Crippen LogP contribution < -0.4 is 11.1 Å². The molecule has 1 rings (SSSR count). The van der Waals surface area contributed by atoms with Crippen molar-refractivity contribution in [1.82, 2.24) is 0 Å². The molecular formula is C12H19N3O3. The maximum atomic E-state index is 10.7. The minimum atomic E-state index is -0.463. The van der Waals surface area contributed by atoms with Crippen molar-refractivity contribution in [1.29, 1.82) is 0 Å². The second-order valence-electron chi connectivity index (χ2n) is 4.43. The summed E-state index contributed by atoms with van der Waals surface area (Å²) >= 11 is 0. The van der Waals surface area contributed by atoms with Gasteiger partial charge in [0, 0.05) is 36.7 Å². The van der Waals surface area contributed by atoms with Crippen LogP contribution in [0.3, 0.4) is 0 Å². The van der Waals surface area contributed by atoms with Gasteiger partial charge < -0.3 is 16.2 Å². The summed E-state index contributed by atoms with van der Waals surface area (Å²) in [6.07, 6.45) is 1.80. The average Bonchev–Trinajstić information content (AvgIpc) is 2.33. The second-order valence-corrected chi connectivity index (χ2v) is 4.43. The van der Waals surface area contributed by atoms with Crippen LogP contribution in [0.4, 0.5) is 17.1 Å². The molecule has 18 heavy (non-hydrogen) atoms. The first-order chi connectivity index (χ1) is 8.52. The van der Waals surface area contributed by atoms with Crippen molar-refractivity contribution in [3.63, 3.8) is 0 Å². The molecular weight excluding hydrogens is 234 g/mol. The summed E-state index contributed by atoms with van der Waals surface area (Å²) in [5.41, 5.74) is 6.60. The van der Waals surface area contributed by atoms with E-state index in [1.165, 1.54) is 12.1 Å². The Morgan fingerprint density at radius 3 is 2.83 bits per heavy atom. The number of nitro benzene ring substituents is 1. The summed E-state index contributed by atoms with van der Waals surface area (Å²) in [7, 11) is 0. The summed E-state index contributed by atoms with van der Waals surface area (Å²) in [5.74, 6) is 0.280. The van der Waals surface area contributed by atoms with Crippen LogP contribution >= 0.6 is 0 Å². The van der Waals surface area contributed by atoms with Gasteiger partial charge in [-0.15, -0.1) is 0 Å². The molecule has 1 aromatic carbocycles. The third kappa shape index (κ3) is 4.58. The first kappa shape index (κ1) is 14.2. The van der Waals surface area contributed by atoms with Gasteiger partial charge >= 0.3 is 0 Å². The van der Waals surface area contributed by atoms with Crippen LogP contribution in [0.25, 0.3) is 0 Å². The molecule has 0 saturated heterocycles. The highest BCUT2D eigenvalue weighted by atomic mass is 16.6. The molecule has 0 aliphatic carbocycles. The number of aliphatic hydroxyl groups is 1. The number of hydrogen-bond donors (Lipinski definition) is 3. The van der Waals surface area contributed by atoms with E-state index in [1.54, 1.807) is 6.07 Å². The molecule has 4 N–H and O–H groups in total. The summed E-state index contributed by atoms with van der Waals surface area (Å²) in [5, 5.41) is 22.6. The van der Waals surface area contributed by atoms with Crippen molar-refractivity contribution >= 4 is 17.1 Å². The zero-order valence-corrected chi connectivity index (χ0v) is 10.4. The molecule has 0 fully saturated rings. The Morgan fingerprint density at radius 2 is 2.22 bits per heavy atom. The average molecular weight is 253 g/mol. The van der Waals surface area contributed by atoms with Crippen LogP contribution in [0.5, 0.6) is 0 Å². The Hall–Kier alpha value is -1.82. The Labute approximate surface area is 106 Å². The molecule has 0 saturated carbocycles. The predicted octanol–water partition coefficient (Wildman–Crippen LogP) is 2.00. The number of nitrogens with one attached hydrogen (secondary N) is 1. The standard InChI is InChI=1S/C12H19N3O3/c1-9(8-16)3-2-4-14-11-5-10(13)6-12(7-11)15(17)18/h5-7,9,14,16H,2-4,8,13H2,1H3. The van der Waals surface area contributed by atoms with Gasteiger partial charge in [-0.3, -0.25) is 10.1 Å². The fourth-order valence-electron chi connectivity index (χ4n) is 1.62. The maximum Gasteiger partial charge on any atom is 0.273 e.